The van der Waals surface area contributed by atoms with Crippen LogP contribution in [0.15, 0.2) is 29.4 Å². The van der Waals surface area contributed by atoms with Crippen LogP contribution in [-0.4, -0.2) is 35.2 Å². The minimum atomic E-state index is -3.05. The molecule has 2 N–H and O–H groups in total. The van der Waals surface area contributed by atoms with E-state index in [2.05, 4.69) is 18.9 Å². The molecule has 0 bridgehead atoms. The number of aromatic nitrogens is 5. The smallest absolute Gasteiger partial charge is 0.304 e. The molecule has 0 saturated heterocycles. The molecule has 2 heterocycles. The van der Waals surface area contributed by atoms with Gasteiger partial charge in [0.2, 0.25) is 11.7 Å². The van der Waals surface area contributed by atoms with Crippen LogP contribution in [-0.2, 0) is 17.8 Å². The molecular formula is C13H14F2N6OS2. The van der Waals surface area contributed by atoms with Gasteiger partial charge in [-0.05, 0) is 12.1 Å². The van der Waals surface area contributed by atoms with E-state index in [0.29, 0.717) is 0 Å². The minimum absolute atomic E-state index is 0.0126. The predicted molar refractivity (Wildman–Crippen MR) is 87.9 cm³/mol. The van der Waals surface area contributed by atoms with Crippen molar-refractivity contribution in [1.29, 1.82) is 0 Å². The Balaban J connectivity index is 0.000000194. The Morgan fingerprint density at radius 1 is 1.29 bits per heavy atom. The Kier molecular flexibility index (Phi) is 5.78. The van der Waals surface area contributed by atoms with Gasteiger partial charge in [-0.3, -0.25) is 4.79 Å². The van der Waals surface area contributed by atoms with E-state index < -0.39 is 17.7 Å². The number of hydrogen-bond acceptors (Lipinski definition) is 7. The highest BCUT2D eigenvalue weighted by Gasteiger charge is 2.31. The first-order chi connectivity index (χ1) is 11.3. The van der Waals surface area contributed by atoms with E-state index in [4.69, 9.17) is 5.73 Å². The highest BCUT2D eigenvalue weighted by molar-refractivity contribution is 7.99. The summed E-state index contributed by atoms with van der Waals surface area (Å²) in [5.74, 6) is -4.03. The van der Waals surface area contributed by atoms with E-state index >= 15 is 0 Å². The number of carbonyl (C=O) groups is 1. The third-order valence-electron chi connectivity index (χ3n) is 2.73. The third kappa shape index (κ3) is 4.68. The molecule has 24 heavy (non-hydrogen) atoms. The minimum Gasteiger partial charge on any atom is -0.369 e. The van der Waals surface area contributed by atoms with Gasteiger partial charge < -0.3 is 10.3 Å². The second kappa shape index (κ2) is 7.62. The van der Waals surface area contributed by atoms with Gasteiger partial charge in [-0.25, -0.2) is 0 Å². The third-order valence-corrected chi connectivity index (χ3v) is 4.33. The average Bonchev–Trinajstić information content (AvgIpc) is 3.11. The first-order valence-electron chi connectivity index (χ1n) is 6.65. The van der Waals surface area contributed by atoms with Crippen LogP contribution < -0.4 is 5.73 Å². The summed E-state index contributed by atoms with van der Waals surface area (Å²) >= 11 is 2.23. The molecule has 1 amide bonds. The van der Waals surface area contributed by atoms with Crippen LogP contribution in [0.3, 0.4) is 0 Å². The van der Waals surface area contributed by atoms with Gasteiger partial charge in [-0.2, -0.15) is 17.5 Å². The summed E-state index contributed by atoms with van der Waals surface area (Å²) in [5, 5.41) is 7.14. The molecule has 0 aliphatic heterocycles. The van der Waals surface area contributed by atoms with Crippen molar-refractivity contribution < 1.29 is 13.6 Å². The van der Waals surface area contributed by atoms with Gasteiger partial charge >= 0.3 is 5.92 Å². The summed E-state index contributed by atoms with van der Waals surface area (Å²) in [4.78, 5) is 10.5. The van der Waals surface area contributed by atoms with Crippen LogP contribution in [0, 0.1) is 0 Å². The summed E-state index contributed by atoms with van der Waals surface area (Å²) in [5.41, 5.74) is 6.89. The van der Waals surface area contributed by atoms with E-state index in [1.54, 1.807) is 0 Å². The molecule has 11 heteroatoms. The number of rotatable bonds is 4. The zero-order valence-electron chi connectivity index (χ0n) is 12.8. The molecule has 0 fully saturated rings. The molecule has 0 unspecified atom stereocenters. The van der Waals surface area contributed by atoms with Crippen LogP contribution in [0.2, 0.25) is 0 Å². The zero-order valence-corrected chi connectivity index (χ0v) is 14.4. The first-order valence-corrected chi connectivity index (χ1v) is 8.36. The van der Waals surface area contributed by atoms with Gasteiger partial charge in [0.05, 0.1) is 17.5 Å². The maximum absolute atomic E-state index is 12.9. The number of primary amides is 1. The molecule has 128 valence electrons. The van der Waals surface area contributed by atoms with Crippen molar-refractivity contribution in [1.82, 2.24) is 23.5 Å². The van der Waals surface area contributed by atoms with E-state index in [-0.39, 0.29) is 10.9 Å². The highest BCUT2D eigenvalue weighted by atomic mass is 32.2. The summed E-state index contributed by atoms with van der Waals surface area (Å²) in [7, 11) is 1.41. The van der Waals surface area contributed by atoms with Crippen molar-refractivity contribution in [2.24, 2.45) is 12.8 Å². The number of thioether (sulfide) groups is 1. The topological polar surface area (TPSA) is 99.6 Å². The molecule has 0 radical (unpaired) electrons. The summed E-state index contributed by atoms with van der Waals surface area (Å²) < 4.78 is 35.1. The number of hydrogen-bond donors (Lipinski definition) is 1. The predicted octanol–water partition coefficient (Wildman–Crippen LogP) is 2.20. The second-order valence-electron chi connectivity index (χ2n) is 4.76. The summed E-state index contributed by atoms with van der Waals surface area (Å²) in [6, 6.07) is 7.84. The van der Waals surface area contributed by atoms with Crippen molar-refractivity contribution in [3.05, 3.63) is 30.1 Å². The largest absolute Gasteiger partial charge is 0.369 e. The van der Waals surface area contributed by atoms with Crippen LogP contribution in [0.25, 0.3) is 11.0 Å². The monoisotopic (exact) mass is 372 g/mol. The Labute approximate surface area is 144 Å². The molecule has 0 aliphatic rings. The lowest BCUT2D eigenvalue weighted by Gasteiger charge is -2.08. The number of halogens is 2. The molecule has 7 nitrogen and oxygen atoms in total. The molecule has 0 atom stereocenters. The molecule has 0 aliphatic carbocycles. The lowest BCUT2D eigenvalue weighted by atomic mass is 10.3. The van der Waals surface area contributed by atoms with Crippen molar-refractivity contribution >= 4 is 40.4 Å². The number of benzene rings is 1. The molecule has 3 aromatic rings. The van der Waals surface area contributed by atoms with Gasteiger partial charge in [-0.15, -0.1) is 10.2 Å². The van der Waals surface area contributed by atoms with Crippen molar-refractivity contribution in [3.8, 4) is 0 Å². The average molecular weight is 372 g/mol. The quantitative estimate of drug-likeness (QED) is 0.705. The van der Waals surface area contributed by atoms with E-state index in [9.17, 15) is 13.6 Å². The molecule has 2 aromatic heterocycles. The van der Waals surface area contributed by atoms with Crippen LogP contribution >= 0.6 is 23.5 Å². The van der Waals surface area contributed by atoms with Crippen molar-refractivity contribution in [2.45, 2.75) is 18.0 Å². The molecular weight excluding hydrogens is 358 g/mol. The lowest BCUT2D eigenvalue weighted by molar-refractivity contribution is -0.115. The van der Waals surface area contributed by atoms with E-state index in [1.165, 1.54) is 18.8 Å². The summed E-state index contributed by atoms with van der Waals surface area (Å²) in [6.45, 7) is 0.736. The van der Waals surface area contributed by atoms with Gasteiger partial charge in [0, 0.05) is 14.0 Å². The maximum Gasteiger partial charge on any atom is 0.304 e. The van der Waals surface area contributed by atoms with Gasteiger partial charge in [-0.1, -0.05) is 23.9 Å². The second-order valence-corrected chi connectivity index (χ2v) is 6.23. The number of alkyl halides is 2. The maximum atomic E-state index is 12.9. The number of nitrogens with two attached hydrogens (primary N) is 1. The lowest BCUT2D eigenvalue weighted by Crippen LogP contribution is -2.15. The van der Waals surface area contributed by atoms with Gasteiger partial charge in [0.25, 0.3) is 0 Å². The molecule has 0 saturated carbocycles. The SMILES string of the molecule is Cn1c(SCC(N)=O)nnc1C(C)(F)F.c1ccc2nsnc2c1. The van der Waals surface area contributed by atoms with E-state index in [0.717, 1.165) is 34.3 Å². The molecule has 3 rings (SSSR count). The fourth-order valence-corrected chi connectivity index (χ4v) is 2.86. The highest BCUT2D eigenvalue weighted by Crippen LogP contribution is 2.27. The standard InChI is InChI=1S/C7H10F2N4OS.C6H4N2S/c1-7(8,9)5-11-12-6(13(5)2)15-3-4(10)14;1-2-4-6-5(3-1)7-9-8-6/h3H2,1-2H3,(H2,10,14);1-4H. The van der Waals surface area contributed by atoms with Crippen molar-refractivity contribution in [3.63, 3.8) is 0 Å². The Morgan fingerprint density at radius 3 is 2.33 bits per heavy atom. The van der Waals surface area contributed by atoms with Crippen LogP contribution in [0.1, 0.15) is 12.7 Å². The van der Waals surface area contributed by atoms with Crippen LogP contribution in [0.5, 0.6) is 0 Å². The van der Waals surface area contributed by atoms with E-state index in [1.807, 2.05) is 24.3 Å². The van der Waals surface area contributed by atoms with Crippen LogP contribution in [0.4, 0.5) is 8.78 Å². The van der Waals surface area contributed by atoms with Gasteiger partial charge in [0.15, 0.2) is 5.16 Å². The number of nitrogens with zero attached hydrogens (tertiary/aromatic N) is 5. The summed E-state index contributed by atoms with van der Waals surface area (Å²) in [6.07, 6.45) is 0. The van der Waals surface area contributed by atoms with Gasteiger partial charge in [0.1, 0.15) is 11.0 Å². The molecule has 1 aromatic carbocycles. The Morgan fingerprint density at radius 2 is 1.88 bits per heavy atom. The zero-order chi connectivity index (χ0) is 17.7. The normalized spacial score (nSPS) is 11.2. The fraction of sp³-hybridized carbons (Fsp3) is 0.308. The molecule has 0 spiro atoms. The Hall–Kier alpha value is -2.14. The Bertz CT molecular complexity index is 799. The number of carbonyl (C=O) groups excluding carboxylic acids is 1. The fourth-order valence-electron chi connectivity index (χ4n) is 1.69. The van der Waals surface area contributed by atoms with Crippen molar-refractivity contribution in [2.75, 3.05) is 5.75 Å². The first kappa shape index (κ1) is 18.2. The number of amides is 1. The number of fused-ring (bicyclic) bond motifs is 1.